The number of hydrogen-bond acceptors (Lipinski definition) is 7. The molecule has 1 aliphatic carbocycles. The van der Waals surface area contributed by atoms with Crippen molar-refractivity contribution in [2.24, 2.45) is 5.92 Å². The van der Waals surface area contributed by atoms with Crippen LogP contribution in [0.3, 0.4) is 0 Å². The number of carbonyl (C=O) groups excluding carboxylic acids is 1. The van der Waals surface area contributed by atoms with Crippen LogP contribution in [0.15, 0.2) is 52.9 Å². The van der Waals surface area contributed by atoms with Crippen molar-refractivity contribution >= 4 is 29.3 Å². The van der Waals surface area contributed by atoms with Crippen LogP contribution in [0.2, 0.25) is 0 Å². The first kappa shape index (κ1) is 24.1. The molecule has 9 nitrogen and oxygen atoms in total. The van der Waals surface area contributed by atoms with E-state index in [1.54, 1.807) is 18.2 Å². The van der Waals surface area contributed by atoms with Gasteiger partial charge in [0.1, 0.15) is 5.75 Å². The zero-order valence-electron chi connectivity index (χ0n) is 18.6. The van der Waals surface area contributed by atoms with E-state index in [2.05, 4.69) is 25.6 Å². The number of aliphatic carboxylic acids is 1. The molecule has 1 saturated carbocycles. The molecule has 0 atom stereocenters. The lowest BCUT2D eigenvalue weighted by Gasteiger charge is -2.28. The van der Waals surface area contributed by atoms with Crippen LogP contribution >= 0.6 is 0 Å². The number of ether oxygens (including phenoxy) is 1. The van der Waals surface area contributed by atoms with Crippen LogP contribution in [0.5, 0.6) is 5.75 Å². The summed E-state index contributed by atoms with van der Waals surface area (Å²) < 4.78 is 34.4. The number of aromatic nitrogens is 2. The summed E-state index contributed by atoms with van der Waals surface area (Å²) in [5.41, 5.74) is 2.08. The van der Waals surface area contributed by atoms with Crippen LogP contribution in [0.25, 0.3) is 0 Å². The van der Waals surface area contributed by atoms with Crippen molar-refractivity contribution in [1.29, 1.82) is 0 Å². The van der Waals surface area contributed by atoms with Gasteiger partial charge in [0.15, 0.2) is 0 Å². The van der Waals surface area contributed by atoms with E-state index in [0.717, 1.165) is 31.2 Å². The third-order valence-corrected chi connectivity index (χ3v) is 5.88. The minimum Gasteiger partial charge on any atom is -0.481 e. The van der Waals surface area contributed by atoms with Crippen LogP contribution in [-0.2, 0) is 4.79 Å². The van der Waals surface area contributed by atoms with Crippen LogP contribution in [0, 0.1) is 5.92 Å². The molecule has 1 fully saturated rings. The van der Waals surface area contributed by atoms with Crippen molar-refractivity contribution in [3.8, 4) is 5.75 Å². The average Bonchev–Trinajstić information content (AvgIpc) is 3.28. The van der Waals surface area contributed by atoms with Crippen molar-refractivity contribution in [1.82, 2.24) is 10.2 Å². The number of amides is 1. The van der Waals surface area contributed by atoms with Crippen molar-refractivity contribution in [2.45, 2.75) is 44.6 Å². The molecule has 0 saturated heterocycles. The van der Waals surface area contributed by atoms with Gasteiger partial charge in [0.25, 0.3) is 0 Å². The summed E-state index contributed by atoms with van der Waals surface area (Å²) in [5, 5.41) is 21.8. The first-order valence-electron chi connectivity index (χ1n) is 11.1. The number of benzene rings is 2. The fourth-order valence-electron chi connectivity index (χ4n) is 4.21. The summed E-state index contributed by atoms with van der Waals surface area (Å²) in [7, 11) is 0. The SMILES string of the molecule is O=C(O)CC1CCC(c2ccc(NC(=O)c3nnc(Nc4cccc(OC(F)F)c4)o3)cc2)CC1. The Morgan fingerprint density at radius 3 is 2.49 bits per heavy atom. The van der Waals surface area contributed by atoms with E-state index in [1.165, 1.54) is 18.2 Å². The molecule has 1 amide bonds. The van der Waals surface area contributed by atoms with Crippen molar-refractivity contribution < 1.29 is 32.6 Å². The summed E-state index contributed by atoms with van der Waals surface area (Å²) in [6.07, 6.45) is 3.90. The van der Waals surface area contributed by atoms with E-state index < -0.39 is 18.5 Å². The number of nitrogens with zero attached hydrogens (tertiary/aromatic N) is 2. The number of anilines is 3. The molecule has 1 aromatic heterocycles. The Bertz CT molecular complexity index is 1160. The van der Waals surface area contributed by atoms with Gasteiger partial charge in [0.2, 0.25) is 0 Å². The molecule has 1 aliphatic rings. The Morgan fingerprint density at radius 2 is 1.80 bits per heavy atom. The second kappa shape index (κ2) is 10.9. The van der Waals surface area contributed by atoms with Crippen LogP contribution in [0.1, 0.15) is 54.3 Å². The molecular formula is C24H24F2N4O5. The van der Waals surface area contributed by atoms with Gasteiger partial charge in [-0.15, -0.1) is 5.10 Å². The molecule has 0 spiro atoms. The predicted octanol–water partition coefficient (Wildman–Crippen LogP) is 5.42. The topological polar surface area (TPSA) is 127 Å². The molecule has 0 aliphatic heterocycles. The van der Waals surface area contributed by atoms with Gasteiger partial charge in [-0.3, -0.25) is 9.59 Å². The van der Waals surface area contributed by atoms with E-state index >= 15 is 0 Å². The Balaban J connectivity index is 1.31. The Kier molecular flexibility index (Phi) is 7.54. The molecule has 1 heterocycles. The molecule has 2 aromatic carbocycles. The van der Waals surface area contributed by atoms with Crippen molar-refractivity contribution in [3.63, 3.8) is 0 Å². The molecule has 0 radical (unpaired) electrons. The average molecular weight is 486 g/mol. The lowest BCUT2D eigenvalue weighted by Crippen LogP contribution is -2.16. The van der Waals surface area contributed by atoms with Crippen LogP contribution in [0.4, 0.5) is 26.2 Å². The number of alkyl halides is 2. The third kappa shape index (κ3) is 6.75. The van der Waals surface area contributed by atoms with Gasteiger partial charge in [0, 0.05) is 23.9 Å². The Labute approximate surface area is 199 Å². The Hall–Kier alpha value is -4.02. The van der Waals surface area contributed by atoms with Gasteiger partial charge in [-0.05, 0) is 67.3 Å². The molecule has 35 heavy (non-hydrogen) atoms. The zero-order valence-corrected chi connectivity index (χ0v) is 18.6. The monoisotopic (exact) mass is 486 g/mol. The highest BCUT2D eigenvalue weighted by Crippen LogP contribution is 2.37. The van der Waals surface area contributed by atoms with E-state index in [0.29, 0.717) is 17.3 Å². The Morgan fingerprint density at radius 1 is 1.06 bits per heavy atom. The van der Waals surface area contributed by atoms with E-state index in [-0.39, 0.29) is 30.0 Å². The molecule has 0 unspecified atom stereocenters. The summed E-state index contributed by atoms with van der Waals surface area (Å²) >= 11 is 0. The fourth-order valence-corrected chi connectivity index (χ4v) is 4.21. The van der Waals surface area contributed by atoms with Gasteiger partial charge in [-0.25, -0.2) is 0 Å². The first-order valence-corrected chi connectivity index (χ1v) is 11.1. The molecule has 3 aromatic rings. The van der Waals surface area contributed by atoms with Gasteiger partial charge < -0.3 is 24.9 Å². The standard InChI is InChI=1S/C24H24F2N4O5/c25-23(26)34-19-3-1-2-18(13-19)28-24-30-29-22(35-24)21(33)27-17-10-8-16(9-11-17)15-6-4-14(5-7-15)12-20(31)32/h1-3,8-11,13-15,23H,4-7,12H2,(H,27,33)(H,28,30)(H,31,32). The molecule has 11 heteroatoms. The summed E-state index contributed by atoms with van der Waals surface area (Å²) in [4.78, 5) is 23.4. The van der Waals surface area contributed by atoms with E-state index in [1.807, 2.05) is 12.1 Å². The predicted molar refractivity (Wildman–Crippen MR) is 122 cm³/mol. The van der Waals surface area contributed by atoms with Gasteiger partial charge >= 0.3 is 30.4 Å². The van der Waals surface area contributed by atoms with Gasteiger partial charge in [0.05, 0.1) is 0 Å². The molecule has 184 valence electrons. The number of carbonyl (C=O) groups is 2. The maximum absolute atomic E-state index is 12.5. The first-order chi connectivity index (χ1) is 16.9. The summed E-state index contributed by atoms with van der Waals surface area (Å²) in [5.74, 6) is -1.04. The largest absolute Gasteiger partial charge is 0.481 e. The fraction of sp³-hybridized carbons (Fsp3) is 0.333. The number of hydrogen-bond donors (Lipinski definition) is 3. The maximum atomic E-state index is 12.5. The quantitative estimate of drug-likeness (QED) is 0.366. The number of rotatable bonds is 9. The number of carboxylic acids is 1. The smallest absolute Gasteiger partial charge is 0.387 e. The van der Waals surface area contributed by atoms with Crippen molar-refractivity contribution in [2.75, 3.05) is 10.6 Å². The van der Waals surface area contributed by atoms with Gasteiger partial charge in [-0.2, -0.15) is 8.78 Å². The lowest BCUT2D eigenvalue weighted by molar-refractivity contribution is -0.138. The van der Waals surface area contributed by atoms with E-state index in [4.69, 9.17) is 9.52 Å². The number of carboxylic acid groups (broad SMARTS) is 1. The molecular weight excluding hydrogens is 462 g/mol. The number of nitrogens with one attached hydrogen (secondary N) is 2. The highest BCUT2D eigenvalue weighted by Gasteiger charge is 2.24. The van der Waals surface area contributed by atoms with Crippen LogP contribution < -0.4 is 15.4 Å². The second-order valence-corrected chi connectivity index (χ2v) is 8.34. The van der Waals surface area contributed by atoms with Crippen molar-refractivity contribution in [3.05, 3.63) is 60.0 Å². The maximum Gasteiger partial charge on any atom is 0.387 e. The second-order valence-electron chi connectivity index (χ2n) is 8.34. The normalized spacial score (nSPS) is 17.7. The number of halogens is 2. The molecule has 0 bridgehead atoms. The third-order valence-electron chi connectivity index (χ3n) is 5.88. The lowest BCUT2D eigenvalue weighted by atomic mass is 9.77. The highest BCUT2D eigenvalue weighted by molar-refractivity contribution is 6.00. The highest BCUT2D eigenvalue weighted by atomic mass is 19.3. The minimum absolute atomic E-state index is 0.0424. The van der Waals surface area contributed by atoms with E-state index in [9.17, 15) is 18.4 Å². The minimum atomic E-state index is -2.95. The summed E-state index contributed by atoms with van der Waals surface area (Å²) in [6, 6.07) is 13.2. The van der Waals surface area contributed by atoms with Crippen LogP contribution in [-0.4, -0.2) is 33.8 Å². The zero-order chi connectivity index (χ0) is 24.8. The molecule has 3 N–H and O–H groups in total. The summed E-state index contributed by atoms with van der Waals surface area (Å²) in [6.45, 7) is -2.95. The van der Waals surface area contributed by atoms with Gasteiger partial charge in [-0.1, -0.05) is 23.3 Å². The molecule has 4 rings (SSSR count).